The van der Waals surface area contributed by atoms with E-state index in [-0.39, 0.29) is 39.4 Å². The molecule has 1 saturated carbocycles. The zero-order valence-corrected chi connectivity index (χ0v) is 22.3. The smallest absolute Gasteiger partial charge is 0.401 e. The lowest BCUT2D eigenvalue weighted by Gasteiger charge is -2.32. The first-order valence-electron chi connectivity index (χ1n) is 12.2. The summed E-state index contributed by atoms with van der Waals surface area (Å²) in [5.74, 6) is -0.454. The first-order chi connectivity index (χ1) is 18.5. The molecule has 208 valence electrons. The van der Waals surface area contributed by atoms with Gasteiger partial charge in [-0.3, -0.25) is 4.79 Å². The Morgan fingerprint density at radius 3 is 2.31 bits per heavy atom. The number of ether oxygens (including phenoxy) is 3. The van der Waals surface area contributed by atoms with Gasteiger partial charge in [0.05, 0.1) is 31.0 Å². The van der Waals surface area contributed by atoms with Gasteiger partial charge in [0, 0.05) is 17.7 Å². The summed E-state index contributed by atoms with van der Waals surface area (Å²) in [7, 11) is 2.76. The number of halogens is 5. The molecule has 1 atom stereocenters. The number of rotatable bonds is 9. The Kier molecular flexibility index (Phi) is 8.25. The fraction of sp³-hybridized carbons (Fsp3) is 0.357. The van der Waals surface area contributed by atoms with E-state index in [0.29, 0.717) is 11.5 Å². The average Bonchev–Trinajstić information content (AvgIpc) is 2.89. The number of carbonyl (C=O) groups is 1. The normalized spacial score (nSPS) is 15.2. The van der Waals surface area contributed by atoms with Crippen LogP contribution in [0.4, 0.5) is 17.6 Å². The molecule has 0 bridgehead atoms. The highest BCUT2D eigenvalue weighted by molar-refractivity contribution is 6.31. The van der Waals surface area contributed by atoms with E-state index >= 15 is 0 Å². The van der Waals surface area contributed by atoms with Crippen molar-refractivity contribution in [3.8, 4) is 28.5 Å². The molecule has 0 saturated heterocycles. The summed E-state index contributed by atoms with van der Waals surface area (Å²) in [4.78, 5) is 17.2. The lowest BCUT2D eigenvalue weighted by atomic mass is 9.84. The second-order valence-corrected chi connectivity index (χ2v) is 9.83. The molecule has 39 heavy (non-hydrogen) atoms. The van der Waals surface area contributed by atoms with Crippen LogP contribution in [0.3, 0.4) is 0 Å². The molecule has 1 fully saturated rings. The molecular formula is C28H27ClF4N2O4. The zero-order valence-electron chi connectivity index (χ0n) is 21.5. The molecule has 0 radical (unpaired) electrons. The first kappa shape index (κ1) is 28.5. The third-order valence-electron chi connectivity index (χ3n) is 6.84. The summed E-state index contributed by atoms with van der Waals surface area (Å²) in [6.45, 7) is 0.139. The minimum atomic E-state index is -4.79. The topological polar surface area (TPSA) is 69.7 Å². The van der Waals surface area contributed by atoms with Crippen molar-refractivity contribution in [2.24, 2.45) is 0 Å². The summed E-state index contributed by atoms with van der Waals surface area (Å²) in [5, 5.41) is 2.17. The van der Waals surface area contributed by atoms with Crippen LogP contribution < -0.4 is 19.5 Å². The van der Waals surface area contributed by atoms with Gasteiger partial charge < -0.3 is 19.5 Å². The quantitative estimate of drug-likeness (QED) is 0.291. The van der Waals surface area contributed by atoms with Gasteiger partial charge in [0.25, 0.3) is 5.91 Å². The van der Waals surface area contributed by atoms with Crippen LogP contribution in [0.2, 0.25) is 5.02 Å². The summed E-state index contributed by atoms with van der Waals surface area (Å²) >= 11 is 5.88. The summed E-state index contributed by atoms with van der Waals surface area (Å²) < 4.78 is 73.6. The van der Waals surface area contributed by atoms with Crippen molar-refractivity contribution in [1.29, 1.82) is 0 Å². The van der Waals surface area contributed by atoms with Gasteiger partial charge in [-0.2, -0.15) is 13.2 Å². The van der Waals surface area contributed by atoms with E-state index in [1.165, 1.54) is 50.6 Å². The van der Waals surface area contributed by atoms with Gasteiger partial charge in [0.2, 0.25) is 0 Å². The Morgan fingerprint density at radius 1 is 1.03 bits per heavy atom. The number of methoxy groups -OCH3 is 2. The van der Waals surface area contributed by atoms with Crippen molar-refractivity contribution in [2.45, 2.75) is 43.9 Å². The van der Waals surface area contributed by atoms with Gasteiger partial charge in [-0.05, 0) is 74.7 Å². The molecule has 3 aromatic rings. The third-order valence-corrected chi connectivity index (χ3v) is 7.13. The Hall–Kier alpha value is -3.53. The summed E-state index contributed by atoms with van der Waals surface area (Å²) in [5.41, 5.74) is -2.52. The molecule has 4 rings (SSSR count). The lowest BCUT2D eigenvalue weighted by molar-refractivity contribution is -0.184. The number of hydrogen-bond acceptors (Lipinski definition) is 5. The Morgan fingerprint density at radius 2 is 1.72 bits per heavy atom. The fourth-order valence-corrected chi connectivity index (χ4v) is 4.22. The number of aromatic nitrogens is 1. The minimum Gasteiger partial charge on any atom is -0.494 e. The average molecular weight is 567 g/mol. The van der Waals surface area contributed by atoms with E-state index in [0.717, 1.165) is 32.3 Å². The van der Waals surface area contributed by atoms with E-state index in [1.54, 1.807) is 6.07 Å². The summed E-state index contributed by atoms with van der Waals surface area (Å²) in [6.07, 6.45) is -1.78. The molecule has 1 N–H and O–H groups in total. The summed E-state index contributed by atoms with van der Waals surface area (Å²) in [6, 6.07) is 10.7. The maximum absolute atomic E-state index is 14.5. The van der Waals surface area contributed by atoms with E-state index in [9.17, 15) is 22.4 Å². The highest BCUT2D eigenvalue weighted by atomic mass is 35.5. The third kappa shape index (κ3) is 5.90. The van der Waals surface area contributed by atoms with Gasteiger partial charge in [-0.1, -0.05) is 11.6 Å². The van der Waals surface area contributed by atoms with Crippen LogP contribution in [0.25, 0.3) is 11.3 Å². The molecule has 11 heteroatoms. The van der Waals surface area contributed by atoms with Crippen molar-refractivity contribution in [1.82, 2.24) is 10.3 Å². The predicted octanol–water partition coefficient (Wildman–Crippen LogP) is 6.74. The molecule has 2 aromatic carbocycles. The van der Waals surface area contributed by atoms with Crippen molar-refractivity contribution >= 4 is 17.5 Å². The number of benzene rings is 2. The van der Waals surface area contributed by atoms with Gasteiger partial charge in [-0.15, -0.1) is 0 Å². The van der Waals surface area contributed by atoms with Gasteiger partial charge >= 0.3 is 6.18 Å². The van der Waals surface area contributed by atoms with Gasteiger partial charge in [-0.25, -0.2) is 9.37 Å². The molecule has 1 heterocycles. The van der Waals surface area contributed by atoms with Crippen LogP contribution in [0, 0.1) is 5.82 Å². The second-order valence-electron chi connectivity index (χ2n) is 9.43. The highest BCUT2D eigenvalue weighted by Crippen LogP contribution is 2.42. The number of carbonyl (C=O) groups excluding carboxylic acids is 1. The molecule has 1 unspecified atom stereocenters. The van der Waals surface area contributed by atoms with Crippen molar-refractivity contribution in [2.75, 3.05) is 20.8 Å². The number of alkyl halides is 3. The maximum Gasteiger partial charge on any atom is 0.401 e. The number of amides is 1. The van der Waals surface area contributed by atoms with Gasteiger partial charge in [0.1, 0.15) is 22.7 Å². The van der Waals surface area contributed by atoms with Crippen LogP contribution in [-0.4, -0.2) is 43.9 Å². The SMILES string of the molecule is COc1cc(C(=O)NCC(C)(c2ccc(OC)c(-c3ccc(F)c(Cl)c3)n2)C(F)(F)F)ccc1OC1CCC1. The van der Waals surface area contributed by atoms with Crippen LogP contribution in [0.15, 0.2) is 48.5 Å². The van der Waals surface area contributed by atoms with Crippen molar-refractivity contribution in [3.05, 3.63) is 70.6 Å². The number of nitrogens with one attached hydrogen (secondary N) is 1. The number of hydrogen-bond donors (Lipinski definition) is 1. The molecule has 1 aromatic heterocycles. The standard InChI is InChI=1S/C28H27ClF4N2O4/c1-27(28(31,32)33,24-12-11-22(37-2)25(35-24)16-7-9-20(30)19(29)13-16)15-34-26(36)17-8-10-21(23(14-17)38-3)39-18-5-4-6-18/h7-14,18H,4-6,15H2,1-3H3,(H,34,36). The molecule has 1 aliphatic carbocycles. The van der Waals surface area contributed by atoms with E-state index in [2.05, 4.69) is 10.3 Å². The van der Waals surface area contributed by atoms with E-state index in [4.69, 9.17) is 25.8 Å². The molecule has 0 aliphatic heterocycles. The molecule has 0 spiro atoms. The van der Waals surface area contributed by atoms with Crippen LogP contribution in [0.1, 0.15) is 42.2 Å². The van der Waals surface area contributed by atoms with Crippen LogP contribution in [-0.2, 0) is 5.41 Å². The maximum atomic E-state index is 14.5. The van der Waals surface area contributed by atoms with Crippen LogP contribution >= 0.6 is 11.6 Å². The Labute approximate surface area is 228 Å². The van der Waals surface area contributed by atoms with Crippen molar-refractivity contribution in [3.63, 3.8) is 0 Å². The Bertz CT molecular complexity index is 1360. The number of pyridine rings is 1. The lowest BCUT2D eigenvalue weighted by Crippen LogP contribution is -2.49. The van der Waals surface area contributed by atoms with E-state index in [1.807, 2.05) is 0 Å². The second kappa shape index (κ2) is 11.3. The van der Waals surface area contributed by atoms with Gasteiger partial charge in [0.15, 0.2) is 11.5 Å². The molecule has 1 aliphatic rings. The predicted molar refractivity (Wildman–Crippen MR) is 138 cm³/mol. The van der Waals surface area contributed by atoms with Crippen molar-refractivity contribution < 1.29 is 36.6 Å². The molecule has 1 amide bonds. The highest BCUT2D eigenvalue weighted by Gasteiger charge is 2.53. The fourth-order valence-electron chi connectivity index (χ4n) is 4.04. The van der Waals surface area contributed by atoms with E-state index < -0.39 is 29.9 Å². The largest absolute Gasteiger partial charge is 0.494 e. The van der Waals surface area contributed by atoms with Crippen LogP contribution in [0.5, 0.6) is 17.2 Å². The molecular weight excluding hydrogens is 540 g/mol. The number of nitrogens with zero attached hydrogens (tertiary/aromatic N) is 1. The monoisotopic (exact) mass is 566 g/mol. The molecule has 6 nitrogen and oxygen atoms in total. The minimum absolute atomic E-state index is 0.0467. The Balaban J connectivity index is 1.61. The first-order valence-corrected chi connectivity index (χ1v) is 12.5. The zero-order chi connectivity index (χ0) is 28.4.